The Labute approximate surface area is 109 Å². The van der Waals surface area contributed by atoms with Gasteiger partial charge >= 0.3 is 0 Å². The number of hydrogen-bond acceptors (Lipinski definition) is 3. The van der Waals surface area contributed by atoms with Crippen molar-refractivity contribution in [3.8, 4) is 0 Å². The van der Waals surface area contributed by atoms with Gasteiger partial charge in [0.1, 0.15) is 0 Å². The summed E-state index contributed by atoms with van der Waals surface area (Å²) in [5.74, 6) is 0.694. The Balaban J connectivity index is 2.25. The molecule has 0 heterocycles. The molecule has 0 amide bonds. The molecule has 0 saturated heterocycles. The number of carbonyl (C=O) groups excluding carboxylic acids is 1. The molecule has 0 aromatic rings. The minimum atomic E-state index is -0.995. The Hall–Kier alpha value is -0.670. The molecule has 3 heteroatoms. The second kappa shape index (κ2) is 4.46. The SMILES string of the molecule is CC1=CC(=O)C[C@H](C)[C@]12CC[C@H]([C@@](C)(O)CO)C2. The monoisotopic (exact) mass is 252 g/mol. The summed E-state index contributed by atoms with van der Waals surface area (Å²) in [4.78, 5) is 11.6. The van der Waals surface area contributed by atoms with Crippen LogP contribution in [0.5, 0.6) is 0 Å². The van der Waals surface area contributed by atoms with E-state index in [-0.39, 0.29) is 23.7 Å². The number of rotatable bonds is 2. The molecule has 2 rings (SSSR count). The lowest BCUT2D eigenvalue weighted by molar-refractivity contribution is -0.117. The highest BCUT2D eigenvalue weighted by Gasteiger charge is 2.50. The maximum absolute atomic E-state index is 11.6. The van der Waals surface area contributed by atoms with Crippen LogP contribution in [0.25, 0.3) is 0 Å². The summed E-state index contributed by atoms with van der Waals surface area (Å²) in [5, 5.41) is 19.5. The van der Waals surface area contributed by atoms with Gasteiger partial charge in [-0.2, -0.15) is 0 Å². The second-order valence-electron chi connectivity index (χ2n) is 6.51. The molecule has 0 radical (unpaired) electrons. The highest BCUT2D eigenvalue weighted by atomic mass is 16.3. The highest BCUT2D eigenvalue weighted by molar-refractivity contribution is 5.91. The predicted molar refractivity (Wildman–Crippen MR) is 70.0 cm³/mol. The van der Waals surface area contributed by atoms with Crippen LogP contribution in [0.1, 0.15) is 46.5 Å². The first-order valence-electron chi connectivity index (χ1n) is 6.86. The van der Waals surface area contributed by atoms with Crippen LogP contribution in [-0.4, -0.2) is 28.2 Å². The molecular weight excluding hydrogens is 228 g/mol. The quantitative estimate of drug-likeness (QED) is 0.791. The molecule has 0 aromatic carbocycles. The summed E-state index contributed by atoms with van der Waals surface area (Å²) in [5.41, 5.74) is 0.241. The topological polar surface area (TPSA) is 57.5 Å². The summed E-state index contributed by atoms with van der Waals surface area (Å²) in [7, 11) is 0. The Kier molecular flexibility index (Phi) is 3.41. The van der Waals surface area contributed by atoms with Gasteiger partial charge in [0.2, 0.25) is 0 Å². The number of allylic oxidation sites excluding steroid dienone is 2. The van der Waals surface area contributed by atoms with E-state index in [2.05, 4.69) is 6.92 Å². The number of aliphatic hydroxyl groups excluding tert-OH is 1. The van der Waals surface area contributed by atoms with E-state index < -0.39 is 5.60 Å². The lowest BCUT2D eigenvalue weighted by Gasteiger charge is -2.40. The molecule has 1 saturated carbocycles. The van der Waals surface area contributed by atoms with Crippen LogP contribution < -0.4 is 0 Å². The van der Waals surface area contributed by atoms with E-state index >= 15 is 0 Å². The van der Waals surface area contributed by atoms with Gasteiger partial charge in [-0.05, 0) is 56.4 Å². The van der Waals surface area contributed by atoms with Crippen LogP contribution in [0.15, 0.2) is 11.6 Å². The average Bonchev–Trinajstić information content (AvgIpc) is 2.73. The number of hydrogen-bond donors (Lipinski definition) is 2. The third kappa shape index (κ3) is 2.04. The number of ketones is 1. The summed E-state index contributed by atoms with van der Waals surface area (Å²) >= 11 is 0. The van der Waals surface area contributed by atoms with Crippen molar-refractivity contribution in [1.82, 2.24) is 0 Å². The molecule has 18 heavy (non-hydrogen) atoms. The van der Waals surface area contributed by atoms with Crippen LogP contribution in [0.4, 0.5) is 0 Å². The van der Waals surface area contributed by atoms with Gasteiger partial charge in [0, 0.05) is 6.42 Å². The van der Waals surface area contributed by atoms with Crippen molar-refractivity contribution < 1.29 is 15.0 Å². The fourth-order valence-electron chi connectivity index (χ4n) is 3.87. The van der Waals surface area contributed by atoms with E-state index in [4.69, 9.17) is 0 Å². The fourth-order valence-corrected chi connectivity index (χ4v) is 3.87. The second-order valence-corrected chi connectivity index (χ2v) is 6.51. The van der Waals surface area contributed by atoms with E-state index in [1.54, 1.807) is 13.0 Å². The molecule has 0 aromatic heterocycles. The molecule has 102 valence electrons. The summed E-state index contributed by atoms with van der Waals surface area (Å²) in [6, 6.07) is 0. The van der Waals surface area contributed by atoms with E-state index in [9.17, 15) is 15.0 Å². The number of aliphatic hydroxyl groups is 2. The molecule has 4 atom stereocenters. The lowest BCUT2D eigenvalue weighted by atomic mass is 9.64. The normalized spacial score (nSPS) is 39.8. The molecule has 0 bridgehead atoms. The molecule has 0 aliphatic heterocycles. The Morgan fingerprint density at radius 2 is 2.22 bits per heavy atom. The Morgan fingerprint density at radius 3 is 2.78 bits per heavy atom. The summed E-state index contributed by atoms with van der Waals surface area (Å²) in [6.45, 7) is 5.71. The summed E-state index contributed by atoms with van der Waals surface area (Å²) in [6.07, 6.45) is 5.24. The first-order valence-corrected chi connectivity index (χ1v) is 6.86. The lowest BCUT2D eigenvalue weighted by Crippen LogP contribution is -2.39. The van der Waals surface area contributed by atoms with Crippen LogP contribution in [-0.2, 0) is 4.79 Å². The van der Waals surface area contributed by atoms with E-state index in [0.717, 1.165) is 19.3 Å². The molecule has 2 N–H and O–H groups in total. The van der Waals surface area contributed by atoms with Crippen molar-refractivity contribution in [2.24, 2.45) is 17.3 Å². The largest absolute Gasteiger partial charge is 0.393 e. The van der Waals surface area contributed by atoms with Gasteiger partial charge in [0.25, 0.3) is 0 Å². The maximum atomic E-state index is 11.6. The standard InChI is InChI=1S/C15H24O3/c1-10-6-13(17)7-11(2)15(10)5-4-12(8-15)14(3,18)9-16/h6,11-12,16,18H,4-5,7-9H2,1-3H3/t11-,12-,14-,15-/m0/s1. The van der Waals surface area contributed by atoms with Crippen LogP contribution >= 0.6 is 0 Å². The number of carbonyl (C=O) groups is 1. The molecule has 2 aliphatic rings. The van der Waals surface area contributed by atoms with E-state index in [1.807, 2.05) is 6.92 Å². The van der Waals surface area contributed by atoms with Gasteiger partial charge in [0.05, 0.1) is 12.2 Å². The Morgan fingerprint density at radius 1 is 1.56 bits per heavy atom. The fraction of sp³-hybridized carbons (Fsp3) is 0.800. The molecular formula is C15H24O3. The van der Waals surface area contributed by atoms with Crippen molar-refractivity contribution >= 4 is 5.78 Å². The van der Waals surface area contributed by atoms with Crippen molar-refractivity contribution in [2.45, 2.75) is 52.1 Å². The zero-order valence-electron chi connectivity index (χ0n) is 11.6. The maximum Gasteiger partial charge on any atom is 0.155 e. The van der Waals surface area contributed by atoms with Gasteiger partial charge in [-0.15, -0.1) is 0 Å². The third-order valence-corrected chi connectivity index (χ3v) is 5.36. The molecule has 2 aliphatic carbocycles. The average molecular weight is 252 g/mol. The molecule has 1 fully saturated rings. The molecule has 3 nitrogen and oxygen atoms in total. The Bertz CT molecular complexity index is 383. The predicted octanol–water partition coefficient (Wildman–Crippen LogP) is 2.07. The van der Waals surface area contributed by atoms with Gasteiger partial charge in [-0.25, -0.2) is 0 Å². The van der Waals surface area contributed by atoms with Crippen molar-refractivity contribution in [2.75, 3.05) is 6.61 Å². The molecule has 1 spiro atoms. The van der Waals surface area contributed by atoms with Crippen molar-refractivity contribution in [3.05, 3.63) is 11.6 Å². The van der Waals surface area contributed by atoms with Crippen molar-refractivity contribution in [1.29, 1.82) is 0 Å². The van der Waals surface area contributed by atoms with Gasteiger partial charge < -0.3 is 10.2 Å². The van der Waals surface area contributed by atoms with Gasteiger partial charge in [-0.1, -0.05) is 12.5 Å². The zero-order chi connectivity index (χ0) is 13.6. The smallest absolute Gasteiger partial charge is 0.155 e. The zero-order valence-corrected chi connectivity index (χ0v) is 11.6. The van der Waals surface area contributed by atoms with E-state index in [1.165, 1.54) is 5.57 Å². The first kappa shape index (κ1) is 13.8. The summed E-state index contributed by atoms with van der Waals surface area (Å²) < 4.78 is 0. The third-order valence-electron chi connectivity index (χ3n) is 5.36. The first-order chi connectivity index (χ1) is 8.32. The van der Waals surface area contributed by atoms with E-state index in [0.29, 0.717) is 12.3 Å². The highest BCUT2D eigenvalue weighted by Crippen LogP contribution is 2.56. The van der Waals surface area contributed by atoms with Crippen molar-refractivity contribution in [3.63, 3.8) is 0 Å². The van der Waals surface area contributed by atoms with Crippen LogP contribution in [0.2, 0.25) is 0 Å². The van der Waals surface area contributed by atoms with Crippen LogP contribution in [0, 0.1) is 17.3 Å². The molecule has 0 unspecified atom stereocenters. The van der Waals surface area contributed by atoms with Gasteiger partial charge in [0.15, 0.2) is 5.78 Å². The van der Waals surface area contributed by atoms with Gasteiger partial charge in [-0.3, -0.25) is 4.79 Å². The van der Waals surface area contributed by atoms with Crippen LogP contribution in [0.3, 0.4) is 0 Å². The minimum absolute atomic E-state index is 0.0672. The minimum Gasteiger partial charge on any atom is -0.393 e.